The molecular formula is C19H5ClN6O3. The first-order chi connectivity index (χ1) is 14.0. The Morgan fingerprint density at radius 3 is 2.52 bits per heavy atom. The van der Waals surface area contributed by atoms with E-state index in [-0.39, 0.29) is 16.2 Å². The minimum Gasteiger partial charge on any atom is -0.506 e. The molecule has 9 nitrogen and oxygen atoms in total. The maximum Gasteiger partial charge on any atom is 0.286 e. The third-order valence-electron chi connectivity index (χ3n) is 4.70. The van der Waals surface area contributed by atoms with Gasteiger partial charge in [0.1, 0.15) is 50.6 Å². The van der Waals surface area contributed by atoms with Gasteiger partial charge in [0.15, 0.2) is 5.65 Å². The van der Waals surface area contributed by atoms with Crippen LogP contribution in [0.15, 0.2) is 40.2 Å². The number of aliphatic hydroxyl groups excluding tert-OH is 1. The summed E-state index contributed by atoms with van der Waals surface area (Å²) in [6.07, 6.45) is 0. The predicted molar refractivity (Wildman–Crippen MR) is 101 cm³/mol. The second kappa shape index (κ2) is 5.58. The fourth-order valence-corrected chi connectivity index (χ4v) is 3.67. The Bertz CT molecular complexity index is 1690. The quantitative estimate of drug-likeness (QED) is 0.435. The molecule has 29 heavy (non-hydrogen) atoms. The number of hydrogen-bond acceptors (Lipinski definition) is 8. The Hall–Kier alpha value is -4.34. The van der Waals surface area contributed by atoms with Gasteiger partial charge in [-0.2, -0.15) is 20.1 Å². The molecule has 1 N–H and O–H groups in total. The van der Waals surface area contributed by atoms with Crippen molar-refractivity contribution in [1.82, 2.24) is 19.6 Å². The fraction of sp³-hybridized carbons (Fsp3) is 0. The summed E-state index contributed by atoms with van der Waals surface area (Å²) in [6, 6.07) is 10.2. The number of fused-ring (bicyclic) bond motifs is 6. The van der Waals surface area contributed by atoms with Crippen molar-refractivity contribution in [2.45, 2.75) is 0 Å². The summed E-state index contributed by atoms with van der Waals surface area (Å²) in [5.41, 5.74) is -1.62. The number of aliphatic hydroxyl groups is 1. The summed E-state index contributed by atoms with van der Waals surface area (Å²) in [4.78, 5) is 34.2. The van der Waals surface area contributed by atoms with Crippen molar-refractivity contribution in [3.05, 3.63) is 61.8 Å². The van der Waals surface area contributed by atoms with Crippen LogP contribution in [0.1, 0.15) is 10.5 Å². The van der Waals surface area contributed by atoms with Crippen molar-refractivity contribution in [2.75, 3.05) is 0 Å². The van der Waals surface area contributed by atoms with Crippen LogP contribution in [0.25, 0.3) is 33.2 Å². The number of hydrogen-bond donors (Lipinski definition) is 1. The summed E-state index contributed by atoms with van der Waals surface area (Å²) in [6.45, 7) is 0. The molecule has 1 aliphatic rings. The molecule has 0 bridgehead atoms. The van der Waals surface area contributed by atoms with Gasteiger partial charge in [-0.3, -0.25) is 9.59 Å². The van der Waals surface area contributed by atoms with Crippen LogP contribution in [0, 0.1) is 22.7 Å². The van der Waals surface area contributed by atoms with Crippen LogP contribution < -0.4 is 10.8 Å². The highest BCUT2D eigenvalue weighted by molar-refractivity contribution is 6.37. The SMILES string of the molecule is N#CC1=C(C#N)C(O)=c2c(nc3c4c(Cl)nc5ccccc5c4nn3c2=O)C1=O. The van der Waals surface area contributed by atoms with Gasteiger partial charge in [0.2, 0.25) is 5.78 Å². The number of nitrogens with zero attached hydrogens (tertiary/aromatic N) is 6. The first-order valence-electron chi connectivity index (χ1n) is 8.11. The van der Waals surface area contributed by atoms with Crippen LogP contribution in [0.3, 0.4) is 0 Å². The number of Topliss-reactive ketones (excluding diaryl/α,β-unsaturated/α-hetero) is 1. The normalized spacial score (nSPS) is 13.8. The number of carbonyl (C=O) groups excluding carboxylic acids is 1. The van der Waals surface area contributed by atoms with Crippen molar-refractivity contribution in [3.8, 4) is 12.1 Å². The lowest BCUT2D eigenvalue weighted by atomic mass is 9.95. The molecule has 0 unspecified atom stereocenters. The van der Waals surface area contributed by atoms with E-state index in [0.717, 1.165) is 4.52 Å². The maximum absolute atomic E-state index is 13.1. The first kappa shape index (κ1) is 16.8. The summed E-state index contributed by atoms with van der Waals surface area (Å²) in [5.74, 6) is -1.72. The number of aromatic nitrogens is 4. The minimum atomic E-state index is -0.935. The van der Waals surface area contributed by atoms with Gasteiger partial charge in [-0.1, -0.05) is 29.8 Å². The summed E-state index contributed by atoms with van der Waals surface area (Å²) in [5, 5.41) is 33.5. The number of nitriles is 2. The lowest BCUT2D eigenvalue weighted by Crippen LogP contribution is -2.42. The largest absolute Gasteiger partial charge is 0.506 e. The first-order valence-corrected chi connectivity index (χ1v) is 8.49. The van der Waals surface area contributed by atoms with Gasteiger partial charge in [-0.15, -0.1) is 0 Å². The van der Waals surface area contributed by atoms with Gasteiger partial charge < -0.3 is 5.11 Å². The Morgan fingerprint density at radius 1 is 1.07 bits per heavy atom. The molecule has 1 aromatic carbocycles. The second-order valence-electron chi connectivity index (χ2n) is 6.17. The molecule has 0 spiro atoms. The molecule has 0 atom stereocenters. The van der Waals surface area contributed by atoms with Crippen LogP contribution in [0.5, 0.6) is 0 Å². The molecule has 0 fully saturated rings. The Labute approximate surface area is 165 Å². The number of rotatable bonds is 0. The second-order valence-corrected chi connectivity index (χ2v) is 6.53. The minimum absolute atomic E-state index is 0.0331. The van der Waals surface area contributed by atoms with E-state index >= 15 is 0 Å². The molecular weight excluding hydrogens is 396 g/mol. The molecule has 3 aromatic heterocycles. The van der Waals surface area contributed by atoms with Gasteiger partial charge >= 0.3 is 0 Å². The highest BCUT2D eigenvalue weighted by Crippen LogP contribution is 2.30. The van der Waals surface area contributed by atoms with Crippen LogP contribution in [-0.2, 0) is 0 Å². The van der Waals surface area contributed by atoms with Crippen molar-refractivity contribution >= 4 is 50.6 Å². The van der Waals surface area contributed by atoms with Gasteiger partial charge in [0.25, 0.3) is 5.56 Å². The molecule has 0 aliphatic heterocycles. The third kappa shape index (κ3) is 1.99. The molecule has 3 heterocycles. The van der Waals surface area contributed by atoms with E-state index in [1.54, 1.807) is 36.4 Å². The van der Waals surface area contributed by atoms with Crippen LogP contribution in [0.4, 0.5) is 0 Å². The highest BCUT2D eigenvalue weighted by atomic mass is 35.5. The standard InChI is InChI=1S/C19H5ClN6O3/c20-17-12-13(7-3-1-2-4-10(7)23-17)25-26-18(12)24-14-11(19(26)29)15(27)8(5-21)9(6-22)16(14)28/h1-4,27H. The van der Waals surface area contributed by atoms with E-state index in [0.29, 0.717) is 16.4 Å². The number of ketones is 1. The number of carbonyl (C=O) groups is 1. The maximum atomic E-state index is 13.1. The summed E-state index contributed by atoms with van der Waals surface area (Å²) < 4.78 is 0.902. The molecule has 136 valence electrons. The summed E-state index contributed by atoms with van der Waals surface area (Å²) >= 11 is 6.31. The van der Waals surface area contributed by atoms with Gasteiger partial charge in [0, 0.05) is 5.39 Å². The lowest BCUT2D eigenvalue weighted by molar-refractivity contribution is 0.103. The predicted octanol–water partition coefficient (Wildman–Crippen LogP) is 1.37. The van der Waals surface area contributed by atoms with Crippen molar-refractivity contribution < 1.29 is 9.90 Å². The third-order valence-corrected chi connectivity index (χ3v) is 4.97. The molecule has 4 aromatic rings. The highest BCUT2D eigenvalue weighted by Gasteiger charge is 2.32. The molecule has 0 saturated heterocycles. The van der Waals surface area contributed by atoms with Crippen molar-refractivity contribution in [3.63, 3.8) is 0 Å². The van der Waals surface area contributed by atoms with E-state index < -0.39 is 39.2 Å². The zero-order chi connectivity index (χ0) is 20.4. The number of benzene rings is 1. The van der Waals surface area contributed by atoms with E-state index in [1.165, 1.54) is 0 Å². The topological polar surface area (TPSA) is 145 Å². The average Bonchev–Trinajstić information content (AvgIpc) is 3.11. The van der Waals surface area contributed by atoms with E-state index in [4.69, 9.17) is 11.6 Å². The molecule has 1 aliphatic carbocycles. The van der Waals surface area contributed by atoms with Gasteiger partial charge in [-0.05, 0) is 6.07 Å². The zero-order valence-electron chi connectivity index (χ0n) is 14.1. The molecule has 0 amide bonds. The molecule has 0 radical (unpaired) electrons. The summed E-state index contributed by atoms with van der Waals surface area (Å²) in [7, 11) is 0. The number of para-hydroxylation sites is 1. The average molecular weight is 401 g/mol. The monoisotopic (exact) mass is 400 g/mol. The van der Waals surface area contributed by atoms with E-state index in [9.17, 15) is 25.2 Å². The number of allylic oxidation sites excluding steroid dienone is 1. The number of pyridine rings is 1. The molecule has 5 rings (SSSR count). The molecule has 10 heteroatoms. The van der Waals surface area contributed by atoms with E-state index in [1.807, 2.05) is 0 Å². The zero-order valence-corrected chi connectivity index (χ0v) is 14.9. The lowest BCUT2D eigenvalue weighted by Gasteiger charge is -2.10. The van der Waals surface area contributed by atoms with Gasteiger partial charge in [-0.25, -0.2) is 9.97 Å². The van der Waals surface area contributed by atoms with Crippen LogP contribution >= 0.6 is 11.6 Å². The fourth-order valence-electron chi connectivity index (χ4n) is 3.40. The Kier molecular flexibility index (Phi) is 3.23. The Balaban J connectivity index is 2.06. The molecule has 0 saturated carbocycles. The van der Waals surface area contributed by atoms with Crippen molar-refractivity contribution in [2.24, 2.45) is 0 Å². The van der Waals surface area contributed by atoms with E-state index in [2.05, 4.69) is 15.1 Å². The Morgan fingerprint density at radius 2 is 1.79 bits per heavy atom. The van der Waals surface area contributed by atoms with Gasteiger partial charge in [0.05, 0.1) is 10.9 Å². The smallest absolute Gasteiger partial charge is 0.286 e. The number of halogens is 1. The van der Waals surface area contributed by atoms with Crippen LogP contribution in [0.2, 0.25) is 5.15 Å². The van der Waals surface area contributed by atoms with Crippen molar-refractivity contribution in [1.29, 1.82) is 10.5 Å². The van der Waals surface area contributed by atoms with Crippen LogP contribution in [-0.4, -0.2) is 30.5 Å².